The number of carbonyl (C=O) groups excluding carboxylic acids is 1. The molecule has 1 rings (SSSR count). The largest absolute Gasteiger partial charge is 0.387 e. The minimum atomic E-state index is -0.947. The summed E-state index contributed by atoms with van der Waals surface area (Å²) in [6.07, 6.45) is 0. The summed E-state index contributed by atoms with van der Waals surface area (Å²) < 4.78 is 0. The van der Waals surface area contributed by atoms with Gasteiger partial charge < -0.3 is 20.6 Å². The maximum atomic E-state index is 11.6. The number of anilines is 1. The van der Waals surface area contributed by atoms with Gasteiger partial charge in [0.15, 0.2) is 0 Å². The average molecular weight is 251 g/mol. The predicted octanol–water partition coefficient (Wildman–Crippen LogP) is 1.12. The molecule has 3 N–H and O–H groups in total. The summed E-state index contributed by atoms with van der Waals surface area (Å²) in [5.74, 6) is 0. The van der Waals surface area contributed by atoms with E-state index in [1.807, 2.05) is 37.2 Å². The molecule has 1 aromatic rings. The minimum Gasteiger partial charge on any atom is -0.387 e. The first kappa shape index (κ1) is 14.5. The van der Waals surface area contributed by atoms with E-state index >= 15 is 0 Å². The highest BCUT2D eigenvalue weighted by Gasteiger charge is 2.21. The van der Waals surface area contributed by atoms with Crippen LogP contribution in [0.1, 0.15) is 6.92 Å². The fourth-order valence-electron chi connectivity index (χ4n) is 1.70. The minimum absolute atomic E-state index is 0.198. The molecule has 0 aliphatic carbocycles. The first-order valence-electron chi connectivity index (χ1n) is 5.86. The molecule has 0 bridgehead atoms. The van der Waals surface area contributed by atoms with Gasteiger partial charge in [0.2, 0.25) is 0 Å². The van der Waals surface area contributed by atoms with Gasteiger partial charge in [-0.25, -0.2) is 4.79 Å². The van der Waals surface area contributed by atoms with Crippen LogP contribution >= 0.6 is 0 Å². The van der Waals surface area contributed by atoms with Crippen molar-refractivity contribution in [3.63, 3.8) is 0 Å². The van der Waals surface area contributed by atoms with E-state index in [0.717, 1.165) is 5.69 Å². The van der Waals surface area contributed by atoms with E-state index < -0.39 is 5.60 Å². The van der Waals surface area contributed by atoms with Crippen molar-refractivity contribution >= 4 is 11.7 Å². The van der Waals surface area contributed by atoms with Crippen LogP contribution in [-0.4, -0.2) is 48.8 Å². The SMILES string of the molecule is CN(C)CC(C)(O)CNC(=O)Nc1ccccc1. The van der Waals surface area contributed by atoms with Gasteiger partial charge in [0.05, 0.1) is 5.60 Å². The molecule has 0 aliphatic heterocycles. The summed E-state index contributed by atoms with van der Waals surface area (Å²) in [7, 11) is 3.75. The second-order valence-electron chi connectivity index (χ2n) is 4.91. The summed E-state index contributed by atoms with van der Waals surface area (Å²) >= 11 is 0. The molecule has 0 aliphatic rings. The molecule has 0 saturated carbocycles. The van der Waals surface area contributed by atoms with Crippen molar-refractivity contribution in [2.75, 3.05) is 32.5 Å². The third-order valence-corrected chi connectivity index (χ3v) is 2.32. The summed E-state index contributed by atoms with van der Waals surface area (Å²) in [6, 6.07) is 8.86. The molecule has 5 heteroatoms. The van der Waals surface area contributed by atoms with Crippen molar-refractivity contribution in [1.29, 1.82) is 0 Å². The Morgan fingerprint density at radius 2 is 1.94 bits per heavy atom. The number of benzene rings is 1. The van der Waals surface area contributed by atoms with Crippen molar-refractivity contribution in [1.82, 2.24) is 10.2 Å². The van der Waals surface area contributed by atoms with Crippen LogP contribution < -0.4 is 10.6 Å². The van der Waals surface area contributed by atoms with Gasteiger partial charge in [-0.15, -0.1) is 0 Å². The maximum Gasteiger partial charge on any atom is 0.319 e. The molecule has 1 unspecified atom stereocenters. The van der Waals surface area contributed by atoms with Crippen LogP contribution in [0.25, 0.3) is 0 Å². The van der Waals surface area contributed by atoms with E-state index in [9.17, 15) is 9.90 Å². The van der Waals surface area contributed by atoms with Crippen molar-refractivity contribution < 1.29 is 9.90 Å². The van der Waals surface area contributed by atoms with Crippen LogP contribution in [0.2, 0.25) is 0 Å². The van der Waals surface area contributed by atoms with E-state index in [-0.39, 0.29) is 12.6 Å². The van der Waals surface area contributed by atoms with Crippen LogP contribution in [-0.2, 0) is 0 Å². The smallest absolute Gasteiger partial charge is 0.319 e. The lowest BCUT2D eigenvalue weighted by Crippen LogP contribution is -2.48. The molecule has 1 atom stereocenters. The Morgan fingerprint density at radius 3 is 2.50 bits per heavy atom. The molecular weight excluding hydrogens is 230 g/mol. The van der Waals surface area contributed by atoms with Crippen LogP contribution in [0.15, 0.2) is 30.3 Å². The molecule has 2 amide bonds. The highest BCUT2D eigenvalue weighted by atomic mass is 16.3. The molecule has 5 nitrogen and oxygen atoms in total. The number of likely N-dealkylation sites (N-methyl/N-ethyl adjacent to an activating group) is 1. The Balaban J connectivity index is 2.37. The molecule has 0 fully saturated rings. The number of nitrogens with one attached hydrogen (secondary N) is 2. The number of hydrogen-bond donors (Lipinski definition) is 3. The molecule has 18 heavy (non-hydrogen) atoms. The zero-order valence-corrected chi connectivity index (χ0v) is 11.1. The summed E-state index contributed by atoms with van der Waals surface area (Å²) in [4.78, 5) is 13.5. The van der Waals surface area contributed by atoms with Gasteiger partial charge >= 0.3 is 6.03 Å². The van der Waals surface area contributed by atoms with Crippen LogP contribution in [0.4, 0.5) is 10.5 Å². The number of carbonyl (C=O) groups is 1. The molecule has 0 aromatic heterocycles. The Labute approximate surface area is 108 Å². The van der Waals surface area contributed by atoms with Gasteiger partial charge in [0.25, 0.3) is 0 Å². The molecule has 1 aromatic carbocycles. The molecule has 0 spiro atoms. The second-order valence-corrected chi connectivity index (χ2v) is 4.91. The second kappa shape index (κ2) is 6.37. The standard InChI is InChI=1S/C13H21N3O2/c1-13(18,10-16(2)3)9-14-12(17)15-11-7-5-4-6-8-11/h4-8,18H,9-10H2,1-3H3,(H2,14,15,17). The number of rotatable bonds is 5. The number of aliphatic hydroxyl groups is 1. The number of urea groups is 1. The zero-order valence-electron chi connectivity index (χ0n) is 11.1. The zero-order chi connectivity index (χ0) is 13.6. The average Bonchev–Trinajstić information content (AvgIpc) is 2.26. The summed E-state index contributed by atoms with van der Waals surface area (Å²) in [5, 5.41) is 15.4. The van der Waals surface area contributed by atoms with Crippen molar-refractivity contribution in [3.8, 4) is 0 Å². The van der Waals surface area contributed by atoms with Crippen molar-refractivity contribution in [3.05, 3.63) is 30.3 Å². The van der Waals surface area contributed by atoms with Crippen LogP contribution in [0.3, 0.4) is 0 Å². The van der Waals surface area contributed by atoms with E-state index in [1.54, 1.807) is 19.1 Å². The van der Waals surface area contributed by atoms with E-state index in [0.29, 0.717) is 6.54 Å². The fourth-order valence-corrected chi connectivity index (χ4v) is 1.70. The van der Waals surface area contributed by atoms with Gasteiger partial charge in [-0.3, -0.25) is 0 Å². The highest BCUT2D eigenvalue weighted by Crippen LogP contribution is 2.05. The molecule has 0 heterocycles. The van der Waals surface area contributed by atoms with E-state index in [1.165, 1.54) is 0 Å². The van der Waals surface area contributed by atoms with Crippen LogP contribution in [0.5, 0.6) is 0 Å². The Hall–Kier alpha value is -1.59. The Morgan fingerprint density at radius 1 is 1.33 bits per heavy atom. The molecular formula is C13H21N3O2. The van der Waals surface area contributed by atoms with Gasteiger partial charge in [-0.2, -0.15) is 0 Å². The quantitative estimate of drug-likeness (QED) is 0.735. The number of para-hydroxylation sites is 1. The molecule has 0 saturated heterocycles. The first-order valence-corrected chi connectivity index (χ1v) is 5.86. The van der Waals surface area contributed by atoms with Gasteiger partial charge in [0.1, 0.15) is 0 Å². The topological polar surface area (TPSA) is 64.6 Å². The monoisotopic (exact) mass is 251 g/mol. The first-order chi connectivity index (χ1) is 8.39. The summed E-state index contributed by atoms with van der Waals surface area (Å²) in [6.45, 7) is 2.37. The lowest BCUT2D eigenvalue weighted by atomic mass is 10.1. The Kier molecular flexibility index (Phi) is 5.12. The maximum absolute atomic E-state index is 11.6. The Bertz CT molecular complexity index is 377. The highest BCUT2D eigenvalue weighted by molar-refractivity contribution is 5.89. The number of hydrogen-bond acceptors (Lipinski definition) is 3. The van der Waals surface area contributed by atoms with Gasteiger partial charge in [0, 0.05) is 18.8 Å². The normalized spacial score (nSPS) is 14.1. The number of amides is 2. The molecule has 0 radical (unpaired) electrons. The van der Waals surface area contributed by atoms with Crippen molar-refractivity contribution in [2.24, 2.45) is 0 Å². The van der Waals surface area contributed by atoms with E-state index in [2.05, 4.69) is 10.6 Å². The van der Waals surface area contributed by atoms with Gasteiger partial charge in [-0.05, 0) is 33.2 Å². The third kappa shape index (κ3) is 5.65. The fraction of sp³-hybridized carbons (Fsp3) is 0.462. The predicted molar refractivity (Wildman–Crippen MR) is 72.6 cm³/mol. The van der Waals surface area contributed by atoms with Gasteiger partial charge in [-0.1, -0.05) is 18.2 Å². The van der Waals surface area contributed by atoms with E-state index in [4.69, 9.17) is 0 Å². The molecule has 100 valence electrons. The lowest BCUT2D eigenvalue weighted by Gasteiger charge is -2.27. The van der Waals surface area contributed by atoms with Crippen molar-refractivity contribution in [2.45, 2.75) is 12.5 Å². The lowest BCUT2D eigenvalue weighted by molar-refractivity contribution is 0.0364. The third-order valence-electron chi connectivity index (χ3n) is 2.32. The summed E-state index contributed by atoms with van der Waals surface area (Å²) in [5.41, 5.74) is -0.223. The number of nitrogens with zero attached hydrogens (tertiary/aromatic N) is 1. The van der Waals surface area contributed by atoms with Crippen LogP contribution in [0, 0.1) is 0 Å².